The maximum absolute atomic E-state index is 10.3. The van der Waals surface area contributed by atoms with Crippen LogP contribution in [-0.4, -0.2) is 16.1 Å². The molecule has 0 aromatic carbocycles. The maximum atomic E-state index is 10.3. The molecule has 0 saturated carbocycles. The topological polar surface area (TPSA) is 63.3 Å². The van der Waals surface area contributed by atoms with Crippen molar-refractivity contribution in [2.45, 2.75) is 26.2 Å². The van der Waals surface area contributed by atoms with Gasteiger partial charge in [0.15, 0.2) is 5.89 Å². The van der Waals surface area contributed by atoms with Gasteiger partial charge in [0.05, 0.1) is 12.1 Å². The molecule has 0 aliphatic rings. The lowest BCUT2D eigenvalue weighted by Gasteiger charge is -1.93. The molecule has 1 aromatic heterocycles. The fourth-order valence-electron chi connectivity index (χ4n) is 0.824. The lowest BCUT2D eigenvalue weighted by atomic mass is 10.2. The van der Waals surface area contributed by atoms with E-state index in [0.717, 1.165) is 0 Å². The third kappa shape index (κ3) is 2.08. The number of rotatable bonds is 3. The summed E-state index contributed by atoms with van der Waals surface area (Å²) >= 11 is 0. The van der Waals surface area contributed by atoms with Gasteiger partial charge in [0, 0.05) is 5.92 Å². The number of oxazole rings is 1. The molecule has 0 bridgehead atoms. The van der Waals surface area contributed by atoms with E-state index in [1.54, 1.807) is 0 Å². The quantitative estimate of drug-likeness (QED) is 0.743. The summed E-state index contributed by atoms with van der Waals surface area (Å²) in [6.45, 7) is 3.88. The molecule has 0 unspecified atom stereocenters. The molecule has 0 saturated heterocycles. The third-order valence-corrected chi connectivity index (χ3v) is 1.40. The number of aliphatic carboxylic acids is 1. The van der Waals surface area contributed by atoms with E-state index in [1.807, 2.05) is 13.8 Å². The minimum atomic E-state index is -0.890. The highest BCUT2D eigenvalue weighted by Crippen LogP contribution is 2.13. The van der Waals surface area contributed by atoms with E-state index in [1.165, 1.54) is 6.26 Å². The smallest absolute Gasteiger partial charge is 0.309 e. The van der Waals surface area contributed by atoms with Crippen LogP contribution in [0.25, 0.3) is 0 Å². The summed E-state index contributed by atoms with van der Waals surface area (Å²) < 4.78 is 5.05. The van der Waals surface area contributed by atoms with Gasteiger partial charge >= 0.3 is 5.97 Å². The van der Waals surface area contributed by atoms with Crippen LogP contribution < -0.4 is 0 Å². The fourth-order valence-corrected chi connectivity index (χ4v) is 0.824. The Bertz CT molecular complexity index is 278. The van der Waals surface area contributed by atoms with Gasteiger partial charge in [-0.1, -0.05) is 13.8 Å². The predicted octanol–water partition coefficient (Wildman–Crippen LogP) is 1.43. The zero-order chi connectivity index (χ0) is 9.14. The first kappa shape index (κ1) is 8.77. The summed E-state index contributed by atoms with van der Waals surface area (Å²) in [5.74, 6) is -0.0996. The minimum Gasteiger partial charge on any atom is -0.481 e. The van der Waals surface area contributed by atoms with E-state index in [2.05, 4.69) is 4.98 Å². The zero-order valence-electron chi connectivity index (χ0n) is 7.07. The summed E-state index contributed by atoms with van der Waals surface area (Å²) in [4.78, 5) is 14.3. The van der Waals surface area contributed by atoms with Gasteiger partial charge in [0.1, 0.15) is 6.26 Å². The standard InChI is InChI=1S/C8H11NO3/c1-5(2)8-9-6(4-12-8)3-7(10)11/h4-5H,3H2,1-2H3,(H,10,11). The first-order valence-corrected chi connectivity index (χ1v) is 3.75. The van der Waals surface area contributed by atoms with E-state index < -0.39 is 5.97 Å². The van der Waals surface area contributed by atoms with Crippen molar-refractivity contribution < 1.29 is 14.3 Å². The number of nitrogens with zero attached hydrogens (tertiary/aromatic N) is 1. The van der Waals surface area contributed by atoms with Crippen molar-refractivity contribution in [1.82, 2.24) is 4.98 Å². The molecule has 0 aliphatic carbocycles. The number of carboxylic acids is 1. The average molecular weight is 169 g/mol. The van der Waals surface area contributed by atoms with Crippen molar-refractivity contribution in [1.29, 1.82) is 0 Å². The Morgan fingerprint density at radius 1 is 1.75 bits per heavy atom. The molecular weight excluding hydrogens is 158 g/mol. The maximum Gasteiger partial charge on any atom is 0.309 e. The van der Waals surface area contributed by atoms with E-state index in [0.29, 0.717) is 11.6 Å². The third-order valence-electron chi connectivity index (χ3n) is 1.40. The zero-order valence-corrected chi connectivity index (χ0v) is 7.07. The van der Waals surface area contributed by atoms with Crippen molar-refractivity contribution in [2.75, 3.05) is 0 Å². The molecule has 1 aromatic rings. The SMILES string of the molecule is CC(C)c1nc(CC(=O)O)co1. The molecule has 0 radical (unpaired) electrons. The molecule has 0 fully saturated rings. The molecule has 1 N–H and O–H groups in total. The lowest BCUT2D eigenvalue weighted by molar-refractivity contribution is -0.136. The second-order valence-electron chi connectivity index (χ2n) is 2.90. The second kappa shape index (κ2) is 3.38. The van der Waals surface area contributed by atoms with E-state index in [4.69, 9.17) is 9.52 Å². The second-order valence-corrected chi connectivity index (χ2v) is 2.90. The highest BCUT2D eigenvalue weighted by molar-refractivity contribution is 5.69. The molecule has 12 heavy (non-hydrogen) atoms. The Morgan fingerprint density at radius 3 is 2.83 bits per heavy atom. The molecule has 0 aliphatic heterocycles. The number of hydrogen-bond donors (Lipinski definition) is 1. The van der Waals surface area contributed by atoms with Gasteiger partial charge in [0.2, 0.25) is 0 Å². The molecule has 0 amide bonds. The van der Waals surface area contributed by atoms with Gasteiger partial charge in [-0.15, -0.1) is 0 Å². The molecular formula is C8H11NO3. The summed E-state index contributed by atoms with van der Waals surface area (Å²) in [7, 11) is 0. The molecule has 4 heteroatoms. The van der Waals surface area contributed by atoms with Crippen molar-refractivity contribution in [3.63, 3.8) is 0 Å². The number of carboxylic acid groups (broad SMARTS) is 1. The van der Waals surface area contributed by atoms with Crippen LogP contribution in [-0.2, 0) is 11.2 Å². The van der Waals surface area contributed by atoms with Crippen molar-refractivity contribution in [3.8, 4) is 0 Å². The van der Waals surface area contributed by atoms with Crippen LogP contribution in [0, 0.1) is 0 Å². The highest BCUT2D eigenvalue weighted by atomic mass is 16.4. The van der Waals surface area contributed by atoms with Crippen LogP contribution in [0.1, 0.15) is 31.4 Å². The Kier molecular flexibility index (Phi) is 2.47. The summed E-state index contributed by atoms with van der Waals surface area (Å²) in [6, 6.07) is 0. The molecule has 1 rings (SSSR count). The van der Waals surface area contributed by atoms with Crippen molar-refractivity contribution >= 4 is 5.97 Å². The predicted molar refractivity (Wildman–Crippen MR) is 41.9 cm³/mol. The van der Waals surface area contributed by atoms with Crippen LogP contribution >= 0.6 is 0 Å². The molecule has 0 spiro atoms. The van der Waals surface area contributed by atoms with E-state index in [9.17, 15) is 4.79 Å². The monoisotopic (exact) mass is 169 g/mol. The average Bonchev–Trinajstić information content (AvgIpc) is 2.34. The van der Waals surface area contributed by atoms with E-state index in [-0.39, 0.29) is 12.3 Å². The van der Waals surface area contributed by atoms with Gasteiger partial charge in [-0.2, -0.15) is 0 Å². The van der Waals surface area contributed by atoms with Crippen LogP contribution in [0.3, 0.4) is 0 Å². The van der Waals surface area contributed by atoms with E-state index >= 15 is 0 Å². The van der Waals surface area contributed by atoms with Crippen LogP contribution in [0.5, 0.6) is 0 Å². The normalized spacial score (nSPS) is 10.6. The summed E-state index contributed by atoms with van der Waals surface area (Å²) in [5, 5.41) is 8.43. The lowest BCUT2D eigenvalue weighted by Crippen LogP contribution is -2.00. The van der Waals surface area contributed by atoms with Crippen LogP contribution in [0.2, 0.25) is 0 Å². The molecule has 66 valence electrons. The highest BCUT2D eigenvalue weighted by Gasteiger charge is 2.09. The van der Waals surface area contributed by atoms with Gasteiger partial charge in [-0.3, -0.25) is 4.79 Å². The first-order chi connectivity index (χ1) is 5.59. The summed E-state index contributed by atoms with van der Waals surface area (Å²) in [5.41, 5.74) is 0.478. The summed E-state index contributed by atoms with van der Waals surface area (Å²) in [6.07, 6.45) is 1.32. The Hall–Kier alpha value is -1.32. The van der Waals surface area contributed by atoms with Gasteiger partial charge < -0.3 is 9.52 Å². The van der Waals surface area contributed by atoms with Gasteiger partial charge in [0.25, 0.3) is 0 Å². The van der Waals surface area contributed by atoms with Crippen molar-refractivity contribution in [3.05, 3.63) is 17.8 Å². The van der Waals surface area contributed by atoms with Gasteiger partial charge in [-0.05, 0) is 0 Å². The first-order valence-electron chi connectivity index (χ1n) is 3.75. The minimum absolute atomic E-state index is 0.0732. The molecule has 0 atom stereocenters. The van der Waals surface area contributed by atoms with Crippen LogP contribution in [0.4, 0.5) is 0 Å². The number of hydrogen-bond acceptors (Lipinski definition) is 3. The molecule has 4 nitrogen and oxygen atoms in total. The number of carbonyl (C=O) groups is 1. The van der Waals surface area contributed by atoms with Crippen molar-refractivity contribution in [2.24, 2.45) is 0 Å². The molecule has 1 heterocycles. The largest absolute Gasteiger partial charge is 0.481 e. The van der Waals surface area contributed by atoms with Gasteiger partial charge in [-0.25, -0.2) is 4.98 Å². The van der Waals surface area contributed by atoms with Crippen LogP contribution in [0.15, 0.2) is 10.7 Å². The Balaban J connectivity index is 2.70. The Morgan fingerprint density at radius 2 is 2.42 bits per heavy atom. The number of aromatic nitrogens is 1. The fraction of sp³-hybridized carbons (Fsp3) is 0.500. The Labute approximate surface area is 70.2 Å².